The van der Waals surface area contributed by atoms with Gasteiger partial charge in [0.2, 0.25) is 10.0 Å². The van der Waals surface area contributed by atoms with E-state index in [4.69, 9.17) is 0 Å². The molecule has 14 heavy (non-hydrogen) atoms. The van der Waals surface area contributed by atoms with Gasteiger partial charge in [-0.3, -0.25) is 4.57 Å². The minimum atomic E-state index is -3.44. The zero-order chi connectivity index (χ0) is 11.4. The highest BCUT2D eigenvalue weighted by atomic mass is 32.7. The lowest BCUT2D eigenvalue weighted by atomic mass is 10.4. The molecule has 0 rings (SSSR count). The molecule has 0 aromatic rings. The Bertz CT molecular complexity index is 317. The van der Waals surface area contributed by atoms with Crippen molar-refractivity contribution in [3.63, 3.8) is 0 Å². The van der Waals surface area contributed by atoms with Gasteiger partial charge in [0.05, 0.1) is 6.26 Å². The number of sulfonamides is 1. The molecule has 2 N–H and O–H groups in total. The van der Waals surface area contributed by atoms with Crippen molar-refractivity contribution >= 4 is 28.1 Å². The summed E-state index contributed by atoms with van der Waals surface area (Å²) in [4.78, 5) is 0. The summed E-state index contributed by atoms with van der Waals surface area (Å²) in [7, 11) is -1.96. The fraction of sp³-hybridized carbons (Fsp3) is 1.00. The molecule has 0 fully saturated rings. The highest BCUT2D eigenvalue weighted by Gasteiger charge is 2.26. The van der Waals surface area contributed by atoms with Crippen LogP contribution in [0.1, 0.15) is 20.3 Å². The molecule has 0 aromatic carbocycles. The van der Waals surface area contributed by atoms with Gasteiger partial charge in [0.15, 0.2) is 0 Å². The number of hydrogen-bond donors (Lipinski definition) is 2. The van der Waals surface area contributed by atoms with E-state index in [1.165, 1.54) is 7.05 Å². The minimum Gasteiger partial charge on any atom is -0.276 e. The second kappa shape index (κ2) is 5.51. The Morgan fingerprint density at radius 1 is 1.50 bits per heavy atom. The average molecular weight is 260 g/mol. The van der Waals surface area contributed by atoms with Crippen LogP contribution in [0.25, 0.3) is 0 Å². The van der Waals surface area contributed by atoms with Crippen LogP contribution in [0.3, 0.4) is 0 Å². The van der Waals surface area contributed by atoms with Crippen molar-refractivity contribution in [1.82, 2.24) is 9.58 Å². The highest BCUT2D eigenvalue weighted by molar-refractivity contribution is 8.58. The molecule has 0 amide bonds. The van der Waals surface area contributed by atoms with Crippen molar-refractivity contribution in [2.24, 2.45) is 0 Å². The van der Waals surface area contributed by atoms with Crippen LogP contribution in [0.2, 0.25) is 0 Å². The SMILES string of the molecule is CCC(C)SP(=O)(NC)NS(C)(=O)=O. The van der Waals surface area contributed by atoms with Crippen LogP contribution in [-0.2, 0) is 14.6 Å². The van der Waals surface area contributed by atoms with Gasteiger partial charge in [0, 0.05) is 5.25 Å². The van der Waals surface area contributed by atoms with Gasteiger partial charge >= 0.3 is 0 Å². The quantitative estimate of drug-likeness (QED) is 0.706. The van der Waals surface area contributed by atoms with Crippen molar-refractivity contribution in [3.8, 4) is 0 Å². The first-order valence-corrected chi connectivity index (χ1v) is 9.27. The number of rotatable bonds is 6. The topological polar surface area (TPSA) is 75.3 Å². The van der Waals surface area contributed by atoms with Crippen LogP contribution >= 0.6 is 18.0 Å². The van der Waals surface area contributed by atoms with E-state index in [1.807, 2.05) is 13.8 Å². The normalized spacial score (nSPS) is 18.9. The van der Waals surface area contributed by atoms with Gasteiger partial charge in [-0.1, -0.05) is 25.2 Å². The highest BCUT2D eigenvalue weighted by Crippen LogP contribution is 2.53. The lowest BCUT2D eigenvalue weighted by molar-refractivity contribution is 0.571. The fourth-order valence-electron chi connectivity index (χ4n) is 0.666. The molecule has 0 bridgehead atoms. The molecule has 0 aliphatic carbocycles. The zero-order valence-electron chi connectivity index (χ0n) is 8.77. The van der Waals surface area contributed by atoms with Gasteiger partial charge in [-0.15, -0.1) is 4.49 Å². The van der Waals surface area contributed by atoms with E-state index >= 15 is 0 Å². The third kappa shape index (κ3) is 6.03. The maximum absolute atomic E-state index is 11.9. The van der Waals surface area contributed by atoms with Gasteiger partial charge in [-0.25, -0.2) is 13.5 Å². The molecule has 8 heteroatoms. The first-order chi connectivity index (χ1) is 6.22. The summed E-state index contributed by atoms with van der Waals surface area (Å²) in [6.45, 7) is 0.792. The molecule has 0 heterocycles. The third-order valence-corrected chi connectivity index (χ3v) is 8.54. The van der Waals surface area contributed by atoms with Crippen LogP contribution in [0.15, 0.2) is 0 Å². The van der Waals surface area contributed by atoms with Gasteiger partial charge in [-0.2, -0.15) is 0 Å². The van der Waals surface area contributed by atoms with Crippen molar-refractivity contribution < 1.29 is 13.0 Å². The van der Waals surface area contributed by atoms with Crippen molar-refractivity contribution in [3.05, 3.63) is 0 Å². The molecular formula is C6H17N2O3PS2. The van der Waals surface area contributed by atoms with Crippen LogP contribution < -0.4 is 9.58 Å². The molecule has 0 aliphatic rings. The molecule has 2 atom stereocenters. The molecule has 86 valence electrons. The van der Waals surface area contributed by atoms with E-state index in [-0.39, 0.29) is 5.25 Å². The monoisotopic (exact) mass is 260 g/mol. The Balaban J connectivity index is 4.57. The second-order valence-electron chi connectivity index (χ2n) is 2.96. The summed E-state index contributed by atoms with van der Waals surface area (Å²) >= 11 is 1.13. The Kier molecular flexibility index (Phi) is 5.69. The van der Waals surface area contributed by atoms with Gasteiger partial charge < -0.3 is 0 Å². The van der Waals surface area contributed by atoms with E-state index in [2.05, 4.69) is 9.58 Å². The molecule has 0 spiro atoms. The number of hydrogen-bond acceptors (Lipinski definition) is 4. The van der Waals surface area contributed by atoms with Crippen molar-refractivity contribution in [1.29, 1.82) is 0 Å². The molecule has 2 unspecified atom stereocenters. The summed E-state index contributed by atoms with van der Waals surface area (Å²) in [5, 5.41) is 2.67. The van der Waals surface area contributed by atoms with Crippen molar-refractivity contribution in [2.45, 2.75) is 25.5 Å². The summed E-state index contributed by atoms with van der Waals surface area (Å²) in [5.41, 5.74) is 0. The number of nitrogens with one attached hydrogen (secondary N) is 2. The summed E-state index contributed by atoms with van der Waals surface area (Å²) in [6.07, 6.45) is 1.83. The molecule has 0 aliphatic heterocycles. The largest absolute Gasteiger partial charge is 0.279 e. The minimum absolute atomic E-state index is 0.141. The fourth-order valence-corrected chi connectivity index (χ4v) is 7.60. The lowest BCUT2D eigenvalue weighted by Gasteiger charge is -2.19. The van der Waals surface area contributed by atoms with E-state index in [0.29, 0.717) is 0 Å². The molecule has 0 saturated carbocycles. The van der Waals surface area contributed by atoms with E-state index < -0.39 is 16.7 Å². The predicted molar refractivity (Wildman–Crippen MR) is 62.0 cm³/mol. The van der Waals surface area contributed by atoms with E-state index in [1.54, 1.807) is 0 Å². The maximum Gasteiger partial charge on any atom is 0.279 e. The molecule has 0 radical (unpaired) electrons. The summed E-state index contributed by atoms with van der Waals surface area (Å²) in [5.74, 6) is 0. The zero-order valence-corrected chi connectivity index (χ0v) is 11.3. The average Bonchev–Trinajstić information content (AvgIpc) is 2.00. The van der Waals surface area contributed by atoms with Gasteiger partial charge in [0.1, 0.15) is 0 Å². The van der Waals surface area contributed by atoms with Gasteiger partial charge in [0.25, 0.3) is 6.65 Å². The third-order valence-electron chi connectivity index (χ3n) is 1.48. The molecule has 5 nitrogen and oxygen atoms in total. The predicted octanol–water partition coefficient (Wildman–Crippen LogP) is 1.39. The van der Waals surface area contributed by atoms with Crippen LogP contribution in [0.4, 0.5) is 0 Å². The van der Waals surface area contributed by atoms with Crippen LogP contribution in [-0.4, -0.2) is 27.0 Å². The standard InChI is InChI=1S/C6H17N2O3PS2/c1-5-6(2)13-12(9,7-3)8-14(4,10)11/h6H,5H2,1-4H3,(H2,7,8,9). The van der Waals surface area contributed by atoms with E-state index in [9.17, 15) is 13.0 Å². The van der Waals surface area contributed by atoms with Crippen LogP contribution in [0.5, 0.6) is 0 Å². The summed E-state index contributed by atoms with van der Waals surface area (Å²) in [6, 6.07) is 0. The maximum atomic E-state index is 11.9. The first kappa shape index (κ1) is 14.5. The second-order valence-corrected chi connectivity index (χ2v) is 9.98. The smallest absolute Gasteiger partial charge is 0.276 e. The Morgan fingerprint density at radius 2 is 2.00 bits per heavy atom. The van der Waals surface area contributed by atoms with Crippen molar-refractivity contribution in [2.75, 3.05) is 13.3 Å². The Hall–Kier alpha value is 0.450. The Morgan fingerprint density at radius 3 is 2.29 bits per heavy atom. The lowest BCUT2D eigenvalue weighted by Crippen LogP contribution is -2.24. The summed E-state index contributed by atoms with van der Waals surface area (Å²) < 4.78 is 35.9. The van der Waals surface area contributed by atoms with Gasteiger partial charge in [-0.05, 0) is 13.5 Å². The Labute approximate surface area is 89.7 Å². The van der Waals surface area contributed by atoms with Crippen LogP contribution in [0, 0.1) is 0 Å². The molecule has 0 aromatic heterocycles. The first-order valence-electron chi connectivity index (χ1n) is 4.19. The molecular weight excluding hydrogens is 243 g/mol. The van der Waals surface area contributed by atoms with E-state index in [0.717, 1.165) is 24.1 Å². The molecule has 0 saturated heterocycles.